The van der Waals surface area contributed by atoms with Crippen LogP contribution in [0.4, 0.5) is 0 Å². The summed E-state index contributed by atoms with van der Waals surface area (Å²) in [5.41, 5.74) is 8.12. The fraction of sp³-hybridized carbons (Fsp3) is 0. The number of furan rings is 2. The van der Waals surface area contributed by atoms with Crippen LogP contribution in [0.15, 0.2) is 173 Å². The fourth-order valence-corrected chi connectivity index (χ4v) is 7.85. The number of nitrogens with zero attached hydrogens (tertiary/aromatic N) is 3. The van der Waals surface area contributed by atoms with Crippen molar-refractivity contribution in [2.45, 2.75) is 0 Å². The number of hydrogen-bond acceptors (Lipinski definition) is 5. The Morgan fingerprint density at radius 3 is 1.42 bits per heavy atom. The number of aromatic nitrogens is 3. The zero-order valence-corrected chi connectivity index (χ0v) is 27.7. The van der Waals surface area contributed by atoms with E-state index < -0.39 is 0 Å². The van der Waals surface area contributed by atoms with E-state index in [0.29, 0.717) is 17.5 Å². The van der Waals surface area contributed by atoms with Gasteiger partial charge in [-0.1, -0.05) is 133 Å². The third-order valence-electron chi connectivity index (χ3n) is 10.1. The van der Waals surface area contributed by atoms with E-state index in [2.05, 4.69) is 103 Å². The molecular formula is C47H27N3O2. The molecule has 11 aromatic rings. The van der Waals surface area contributed by atoms with Crippen LogP contribution in [-0.2, 0) is 0 Å². The fourth-order valence-electron chi connectivity index (χ4n) is 7.85. The van der Waals surface area contributed by atoms with Crippen molar-refractivity contribution in [1.82, 2.24) is 15.0 Å². The smallest absolute Gasteiger partial charge is 0.164 e. The normalized spacial score (nSPS) is 11.8. The highest BCUT2D eigenvalue weighted by molar-refractivity contribution is 6.15. The summed E-state index contributed by atoms with van der Waals surface area (Å²) >= 11 is 0. The Morgan fingerprint density at radius 2 is 0.731 bits per heavy atom. The molecule has 3 heterocycles. The Labute approximate surface area is 297 Å². The maximum absolute atomic E-state index is 6.32. The summed E-state index contributed by atoms with van der Waals surface area (Å²) in [6, 6.07) is 56.2. The number of fused-ring (bicyclic) bond motifs is 9. The molecule has 0 fully saturated rings. The molecule has 0 aliphatic rings. The first kappa shape index (κ1) is 28.7. The van der Waals surface area contributed by atoms with Crippen LogP contribution in [0.2, 0.25) is 0 Å². The van der Waals surface area contributed by atoms with E-state index in [1.54, 1.807) is 0 Å². The van der Waals surface area contributed by atoms with Gasteiger partial charge in [0.15, 0.2) is 17.5 Å². The molecule has 3 aromatic heterocycles. The van der Waals surface area contributed by atoms with Gasteiger partial charge in [0.2, 0.25) is 0 Å². The topological polar surface area (TPSA) is 65.0 Å². The molecule has 0 atom stereocenters. The van der Waals surface area contributed by atoms with E-state index >= 15 is 0 Å². The molecule has 8 aromatic carbocycles. The van der Waals surface area contributed by atoms with Crippen molar-refractivity contribution in [3.05, 3.63) is 164 Å². The summed E-state index contributed by atoms with van der Waals surface area (Å²) in [4.78, 5) is 15.9. The van der Waals surface area contributed by atoms with E-state index in [1.165, 1.54) is 5.39 Å². The van der Waals surface area contributed by atoms with Crippen LogP contribution in [-0.4, -0.2) is 15.0 Å². The summed E-state index contributed by atoms with van der Waals surface area (Å²) in [5, 5.41) is 8.69. The molecule has 11 rings (SSSR count). The molecule has 5 heteroatoms. The zero-order valence-electron chi connectivity index (χ0n) is 27.7. The van der Waals surface area contributed by atoms with Gasteiger partial charge in [-0.05, 0) is 63.0 Å². The maximum atomic E-state index is 6.32. The van der Waals surface area contributed by atoms with Crippen molar-refractivity contribution < 1.29 is 8.83 Å². The molecule has 0 spiro atoms. The van der Waals surface area contributed by atoms with Crippen molar-refractivity contribution in [2.75, 3.05) is 0 Å². The molecule has 0 bridgehead atoms. The van der Waals surface area contributed by atoms with Gasteiger partial charge in [-0.2, -0.15) is 0 Å². The number of para-hydroxylation sites is 2. The molecule has 0 N–H and O–H groups in total. The first-order valence-electron chi connectivity index (χ1n) is 17.4. The van der Waals surface area contributed by atoms with Crippen LogP contribution in [0.25, 0.3) is 111 Å². The molecular weight excluding hydrogens is 639 g/mol. The molecule has 0 aliphatic heterocycles. The Bertz CT molecular complexity index is 3210. The lowest BCUT2D eigenvalue weighted by molar-refractivity contribution is 0.668. The molecule has 0 saturated carbocycles. The van der Waals surface area contributed by atoms with Crippen LogP contribution in [0, 0.1) is 0 Å². The molecule has 242 valence electrons. The van der Waals surface area contributed by atoms with Crippen LogP contribution < -0.4 is 0 Å². The lowest BCUT2D eigenvalue weighted by Gasteiger charge is -2.14. The lowest BCUT2D eigenvalue weighted by atomic mass is 9.94. The van der Waals surface area contributed by atoms with Crippen molar-refractivity contribution in [3.63, 3.8) is 0 Å². The van der Waals surface area contributed by atoms with Gasteiger partial charge < -0.3 is 8.83 Å². The van der Waals surface area contributed by atoms with Gasteiger partial charge in [-0.25, -0.2) is 15.0 Å². The van der Waals surface area contributed by atoms with Gasteiger partial charge >= 0.3 is 0 Å². The summed E-state index contributed by atoms with van der Waals surface area (Å²) in [6.45, 7) is 0. The third kappa shape index (κ3) is 4.33. The predicted octanol–water partition coefficient (Wildman–Crippen LogP) is 12.6. The average Bonchev–Trinajstić information content (AvgIpc) is 3.79. The van der Waals surface area contributed by atoms with Crippen molar-refractivity contribution >= 4 is 65.4 Å². The minimum atomic E-state index is 0.580. The molecule has 0 radical (unpaired) electrons. The molecule has 52 heavy (non-hydrogen) atoms. The molecule has 0 unspecified atom stereocenters. The largest absolute Gasteiger partial charge is 0.456 e. The van der Waals surface area contributed by atoms with Gasteiger partial charge in [0.05, 0.1) is 0 Å². The summed E-state index contributed by atoms with van der Waals surface area (Å²) in [6.07, 6.45) is 0. The molecule has 0 saturated heterocycles. The van der Waals surface area contributed by atoms with E-state index in [4.69, 9.17) is 23.8 Å². The van der Waals surface area contributed by atoms with E-state index in [-0.39, 0.29) is 0 Å². The van der Waals surface area contributed by atoms with E-state index in [0.717, 1.165) is 87.9 Å². The van der Waals surface area contributed by atoms with Crippen LogP contribution >= 0.6 is 0 Å². The predicted molar refractivity (Wildman–Crippen MR) is 211 cm³/mol. The summed E-state index contributed by atoms with van der Waals surface area (Å²) in [7, 11) is 0. The van der Waals surface area contributed by atoms with Crippen LogP contribution in [0.1, 0.15) is 0 Å². The summed E-state index contributed by atoms with van der Waals surface area (Å²) < 4.78 is 12.6. The molecule has 0 amide bonds. The standard InChI is InChI=1S/C47H27N3O2/c1-2-14-29-28(13-1)27-38(31-16-4-3-15-30(29)31)47-49-45(48-46(50-47)37-22-12-26-42-44(37)36-20-8-10-24-40(36)52-42)34-18-6-5-17-32(34)33-21-11-25-41-43(33)35-19-7-9-23-39(35)51-41/h1-27H. The maximum Gasteiger partial charge on any atom is 0.164 e. The van der Waals surface area contributed by atoms with Crippen LogP contribution in [0.3, 0.4) is 0 Å². The Kier molecular flexibility index (Phi) is 6.18. The quantitative estimate of drug-likeness (QED) is 0.175. The first-order chi connectivity index (χ1) is 25.8. The van der Waals surface area contributed by atoms with Gasteiger partial charge in [0.25, 0.3) is 0 Å². The third-order valence-corrected chi connectivity index (χ3v) is 10.1. The Morgan fingerprint density at radius 1 is 0.288 bits per heavy atom. The number of rotatable bonds is 4. The zero-order chi connectivity index (χ0) is 34.2. The highest BCUT2D eigenvalue weighted by Crippen LogP contribution is 2.42. The van der Waals surface area contributed by atoms with E-state index in [9.17, 15) is 0 Å². The van der Waals surface area contributed by atoms with Crippen LogP contribution in [0.5, 0.6) is 0 Å². The van der Waals surface area contributed by atoms with E-state index in [1.807, 2.05) is 60.7 Å². The Balaban J connectivity index is 1.23. The van der Waals surface area contributed by atoms with Crippen molar-refractivity contribution in [1.29, 1.82) is 0 Å². The van der Waals surface area contributed by atoms with Crippen molar-refractivity contribution in [2.24, 2.45) is 0 Å². The summed E-state index contributed by atoms with van der Waals surface area (Å²) in [5.74, 6) is 1.77. The number of benzene rings is 8. The number of hydrogen-bond donors (Lipinski definition) is 0. The van der Waals surface area contributed by atoms with Crippen molar-refractivity contribution in [3.8, 4) is 45.3 Å². The Hall–Kier alpha value is -7.11. The van der Waals surface area contributed by atoms with Gasteiger partial charge in [0.1, 0.15) is 22.3 Å². The minimum Gasteiger partial charge on any atom is -0.456 e. The second-order valence-corrected chi connectivity index (χ2v) is 13.1. The molecule has 5 nitrogen and oxygen atoms in total. The average molecular weight is 666 g/mol. The monoisotopic (exact) mass is 665 g/mol. The minimum absolute atomic E-state index is 0.580. The van der Waals surface area contributed by atoms with Gasteiger partial charge in [-0.15, -0.1) is 0 Å². The second-order valence-electron chi connectivity index (χ2n) is 13.1. The lowest BCUT2D eigenvalue weighted by Crippen LogP contribution is -2.02. The second kappa shape index (κ2) is 11.2. The molecule has 0 aliphatic carbocycles. The van der Waals surface area contributed by atoms with Gasteiger partial charge in [-0.3, -0.25) is 0 Å². The first-order valence-corrected chi connectivity index (χ1v) is 17.4. The highest BCUT2D eigenvalue weighted by Gasteiger charge is 2.22. The van der Waals surface area contributed by atoms with Gasteiger partial charge in [0, 0.05) is 38.2 Å². The SMILES string of the molecule is c1ccc(-c2cccc3oc4ccccc4c23)c(-c2nc(-c3cc4ccccc4c4ccccc34)nc(-c3cccc4oc5ccccc5c34)n2)c1. The highest BCUT2D eigenvalue weighted by atomic mass is 16.3.